The van der Waals surface area contributed by atoms with Crippen molar-refractivity contribution in [3.05, 3.63) is 64.2 Å². The Hall–Kier alpha value is -3.35. The standard InChI is InChI=1S/C21H23N3O4/c1-27-15-10-11-18(28-2)14(12-15)13-22-20(25)9-5-8-19-23-17-7-4-3-6-16(17)21(26)24-19/h3-4,6-7,10-12H,5,8-9,13H2,1-2H3,(H,22,25)(H,23,24,26). The van der Waals surface area contributed by atoms with Crippen molar-refractivity contribution in [1.82, 2.24) is 15.3 Å². The Morgan fingerprint density at radius 3 is 2.75 bits per heavy atom. The lowest BCUT2D eigenvalue weighted by molar-refractivity contribution is -0.121. The minimum absolute atomic E-state index is 0.0759. The van der Waals surface area contributed by atoms with Crippen LogP contribution >= 0.6 is 0 Å². The summed E-state index contributed by atoms with van der Waals surface area (Å²) >= 11 is 0. The first-order chi connectivity index (χ1) is 13.6. The van der Waals surface area contributed by atoms with Crippen molar-refractivity contribution in [1.29, 1.82) is 0 Å². The third kappa shape index (κ3) is 4.68. The summed E-state index contributed by atoms with van der Waals surface area (Å²) in [5, 5.41) is 3.45. The van der Waals surface area contributed by atoms with Gasteiger partial charge in [-0.15, -0.1) is 0 Å². The number of aromatic nitrogens is 2. The minimum Gasteiger partial charge on any atom is -0.497 e. The summed E-state index contributed by atoms with van der Waals surface area (Å²) < 4.78 is 10.5. The smallest absolute Gasteiger partial charge is 0.258 e. The van der Waals surface area contributed by atoms with E-state index in [1.165, 1.54) is 0 Å². The lowest BCUT2D eigenvalue weighted by Crippen LogP contribution is -2.23. The molecule has 7 heteroatoms. The lowest BCUT2D eigenvalue weighted by Gasteiger charge is -2.11. The average molecular weight is 381 g/mol. The first kappa shape index (κ1) is 19.4. The second-order valence-corrected chi connectivity index (χ2v) is 6.34. The topological polar surface area (TPSA) is 93.3 Å². The first-order valence-electron chi connectivity index (χ1n) is 9.06. The second kappa shape index (κ2) is 9.03. The highest BCUT2D eigenvalue weighted by atomic mass is 16.5. The molecule has 1 aromatic heterocycles. The van der Waals surface area contributed by atoms with E-state index in [4.69, 9.17) is 9.47 Å². The fourth-order valence-electron chi connectivity index (χ4n) is 2.97. The number of carbonyl (C=O) groups is 1. The summed E-state index contributed by atoms with van der Waals surface area (Å²) in [4.78, 5) is 31.5. The second-order valence-electron chi connectivity index (χ2n) is 6.34. The molecule has 0 aliphatic carbocycles. The maximum atomic E-state index is 12.2. The molecular formula is C21H23N3O4. The number of ether oxygens (including phenoxy) is 2. The van der Waals surface area contributed by atoms with Crippen molar-refractivity contribution in [2.24, 2.45) is 0 Å². The predicted octanol–water partition coefficient (Wildman–Crippen LogP) is 2.58. The van der Waals surface area contributed by atoms with Crippen LogP contribution in [0.4, 0.5) is 0 Å². The van der Waals surface area contributed by atoms with Gasteiger partial charge < -0.3 is 19.8 Å². The Morgan fingerprint density at radius 1 is 1.14 bits per heavy atom. The summed E-state index contributed by atoms with van der Waals surface area (Å²) in [6, 6.07) is 12.7. The number of aromatic amines is 1. The van der Waals surface area contributed by atoms with Crippen LogP contribution in [0.25, 0.3) is 10.9 Å². The van der Waals surface area contributed by atoms with Crippen molar-refractivity contribution < 1.29 is 14.3 Å². The van der Waals surface area contributed by atoms with Gasteiger partial charge in [-0.3, -0.25) is 9.59 Å². The molecule has 0 spiro atoms. The predicted molar refractivity (Wildman–Crippen MR) is 107 cm³/mol. The normalized spacial score (nSPS) is 10.6. The number of benzene rings is 2. The van der Waals surface area contributed by atoms with Crippen LogP contribution in [-0.4, -0.2) is 30.1 Å². The summed E-state index contributed by atoms with van der Waals surface area (Å²) in [6.45, 7) is 0.351. The number of H-pyrrole nitrogens is 1. The molecule has 2 N–H and O–H groups in total. The van der Waals surface area contributed by atoms with E-state index in [1.807, 2.05) is 30.3 Å². The molecule has 28 heavy (non-hydrogen) atoms. The Labute approximate surface area is 162 Å². The van der Waals surface area contributed by atoms with Crippen LogP contribution in [0.1, 0.15) is 24.2 Å². The number of methoxy groups -OCH3 is 2. The van der Waals surface area contributed by atoms with Gasteiger partial charge in [0.2, 0.25) is 5.91 Å². The summed E-state index contributed by atoms with van der Waals surface area (Å²) in [7, 11) is 3.18. The number of aryl methyl sites for hydroxylation is 1. The number of hydrogen-bond acceptors (Lipinski definition) is 5. The number of hydrogen-bond donors (Lipinski definition) is 2. The van der Waals surface area contributed by atoms with Crippen LogP contribution < -0.4 is 20.3 Å². The van der Waals surface area contributed by atoms with Crippen molar-refractivity contribution in [3.63, 3.8) is 0 Å². The van der Waals surface area contributed by atoms with Gasteiger partial charge in [-0.05, 0) is 36.8 Å². The largest absolute Gasteiger partial charge is 0.497 e. The Morgan fingerprint density at radius 2 is 1.96 bits per heavy atom. The summed E-state index contributed by atoms with van der Waals surface area (Å²) in [5.74, 6) is 1.91. The van der Waals surface area contributed by atoms with Crippen LogP contribution in [0.3, 0.4) is 0 Å². The van der Waals surface area contributed by atoms with Gasteiger partial charge in [0, 0.05) is 24.9 Å². The van der Waals surface area contributed by atoms with Gasteiger partial charge in [-0.2, -0.15) is 0 Å². The molecule has 0 unspecified atom stereocenters. The maximum Gasteiger partial charge on any atom is 0.258 e. The molecule has 0 bridgehead atoms. The van der Waals surface area contributed by atoms with Crippen LogP contribution in [0.2, 0.25) is 0 Å². The van der Waals surface area contributed by atoms with E-state index in [0.29, 0.717) is 54.0 Å². The SMILES string of the molecule is COc1ccc(OC)c(CNC(=O)CCCc2nc3ccccc3c(=O)[nH]2)c1. The van der Waals surface area contributed by atoms with Gasteiger partial charge in [0.15, 0.2) is 0 Å². The summed E-state index contributed by atoms with van der Waals surface area (Å²) in [5.41, 5.74) is 1.35. The van der Waals surface area contributed by atoms with Gasteiger partial charge in [0.1, 0.15) is 17.3 Å². The van der Waals surface area contributed by atoms with Crippen LogP contribution in [-0.2, 0) is 17.8 Å². The monoisotopic (exact) mass is 381 g/mol. The third-order valence-corrected chi connectivity index (χ3v) is 4.44. The molecule has 0 aliphatic heterocycles. The zero-order valence-electron chi connectivity index (χ0n) is 16.0. The minimum atomic E-state index is -0.157. The van der Waals surface area contributed by atoms with Crippen LogP contribution in [0, 0.1) is 0 Å². The van der Waals surface area contributed by atoms with E-state index < -0.39 is 0 Å². The fourth-order valence-corrected chi connectivity index (χ4v) is 2.97. The number of nitrogens with one attached hydrogen (secondary N) is 2. The number of fused-ring (bicyclic) bond motifs is 1. The molecule has 3 rings (SSSR count). The molecule has 3 aromatic rings. The molecule has 7 nitrogen and oxygen atoms in total. The van der Waals surface area contributed by atoms with E-state index >= 15 is 0 Å². The van der Waals surface area contributed by atoms with E-state index in [0.717, 1.165) is 5.56 Å². The molecule has 1 amide bonds. The maximum absolute atomic E-state index is 12.2. The van der Waals surface area contributed by atoms with Crippen molar-refractivity contribution in [2.45, 2.75) is 25.8 Å². The van der Waals surface area contributed by atoms with Crippen molar-refractivity contribution >= 4 is 16.8 Å². The van der Waals surface area contributed by atoms with E-state index in [1.54, 1.807) is 26.4 Å². The highest BCUT2D eigenvalue weighted by Crippen LogP contribution is 2.23. The molecule has 0 saturated carbocycles. The molecule has 0 aliphatic rings. The molecule has 146 valence electrons. The molecule has 2 aromatic carbocycles. The van der Waals surface area contributed by atoms with E-state index in [-0.39, 0.29) is 11.5 Å². The zero-order valence-corrected chi connectivity index (χ0v) is 16.0. The molecule has 0 fully saturated rings. The van der Waals surface area contributed by atoms with E-state index in [2.05, 4.69) is 15.3 Å². The fraction of sp³-hybridized carbons (Fsp3) is 0.286. The zero-order chi connectivity index (χ0) is 19.9. The highest BCUT2D eigenvalue weighted by molar-refractivity contribution is 5.77. The Bertz CT molecular complexity index is 1030. The van der Waals surface area contributed by atoms with Gasteiger partial charge in [0.25, 0.3) is 5.56 Å². The molecule has 0 atom stereocenters. The first-order valence-corrected chi connectivity index (χ1v) is 9.06. The number of amides is 1. The molecule has 1 heterocycles. The van der Waals surface area contributed by atoms with Crippen LogP contribution in [0.5, 0.6) is 11.5 Å². The highest BCUT2D eigenvalue weighted by Gasteiger charge is 2.09. The van der Waals surface area contributed by atoms with Gasteiger partial charge in [-0.25, -0.2) is 4.98 Å². The quantitative estimate of drug-likeness (QED) is 0.626. The number of rotatable bonds is 8. The Balaban J connectivity index is 1.53. The van der Waals surface area contributed by atoms with Crippen molar-refractivity contribution in [3.8, 4) is 11.5 Å². The summed E-state index contributed by atoms with van der Waals surface area (Å²) in [6.07, 6.45) is 1.45. The van der Waals surface area contributed by atoms with E-state index in [9.17, 15) is 9.59 Å². The average Bonchev–Trinajstić information content (AvgIpc) is 2.72. The van der Waals surface area contributed by atoms with Crippen LogP contribution in [0.15, 0.2) is 47.3 Å². The number of nitrogens with zero attached hydrogens (tertiary/aromatic N) is 1. The molecular weight excluding hydrogens is 358 g/mol. The van der Waals surface area contributed by atoms with Gasteiger partial charge in [-0.1, -0.05) is 12.1 Å². The molecule has 0 radical (unpaired) electrons. The van der Waals surface area contributed by atoms with Gasteiger partial charge >= 0.3 is 0 Å². The number of carbonyl (C=O) groups excluding carboxylic acids is 1. The Kier molecular flexibility index (Phi) is 6.26. The number of para-hydroxylation sites is 1. The van der Waals surface area contributed by atoms with Crippen molar-refractivity contribution in [2.75, 3.05) is 14.2 Å². The lowest BCUT2D eigenvalue weighted by atomic mass is 10.1. The van der Waals surface area contributed by atoms with Gasteiger partial charge in [0.05, 0.1) is 25.1 Å². The molecule has 0 saturated heterocycles. The third-order valence-electron chi connectivity index (χ3n) is 4.44.